The molecule has 0 aromatic rings. The fourth-order valence-electron chi connectivity index (χ4n) is 2.09. The summed E-state index contributed by atoms with van der Waals surface area (Å²) in [5.74, 6) is -0.318. The van der Waals surface area contributed by atoms with Gasteiger partial charge in [0.1, 0.15) is 5.25 Å². The molecule has 1 heterocycles. The first-order valence-corrected chi connectivity index (χ1v) is 7.84. The van der Waals surface area contributed by atoms with Gasteiger partial charge < -0.3 is 14.7 Å². The second-order valence-electron chi connectivity index (χ2n) is 4.39. The fraction of sp³-hybridized carbons (Fsp3) is 0.909. The van der Waals surface area contributed by atoms with Gasteiger partial charge in [0.2, 0.25) is 5.91 Å². The molecule has 1 aliphatic heterocycles. The van der Waals surface area contributed by atoms with Gasteiger partial charge in [-0.3, -0.25) is 4.79 Å². The minimum Gasteiger partial charge on any atom is -0.395 e. The van der Waals surface area contributed by atoms with Crippen LogP contribution in [0.15, 0.2) is 0 Å². The van der Waals surface area contributed by atoms with Gasteiger partial charge in [0, 0.05) is 20.2 Å². The van der Waals surface area contributed by atoms with Crippen molar-refractivity contribution in [1.82, 2.24) is 4.90 Å². The number of hydrogen-bond donors (Lipinski definition) is 1. The molecule has 1 atom stereocenters. The van der Waals surface area contributed by atoms with Gasteiger partial charge in [-0.2, -0.15) is 0 Å². The number of methoxy groups -OCH3 is 1. The molecule has 1 N–H and O–H groups in total. The van der Waals surface area contributed by atoms with Gasteiger partial charge >= 0.3 is 0 Å². The molecule has 0 radical (unpaired) electrons. The Morgan fingerprint density at radius 1 is 1.39 bits per heavy atom. The van der Waals surface area contributed by atoms with Crippen LogP contribution in [0.3, 0.4) is 0 Å². The van der Waals surface area contributed by atoms with E-state index >= 15 is 0 Å². The maximum atomic E-state index is 12.2. The molecule has 18 heavy (non-hydrogen) atoms. The second kappa shape index (κ2) is 7.06. The maximum Gasteiger partial charge on any atom is 0.241 e. The lowest BCUT2D eigenvalue weighted by Gasteiger charge is -2.28. The third-order valence-corrected chi connectivity index (χ3v) is 5.26. The van der Waals surface area contributed by atoms with Gasteiger partial charge in [0.15, 0.2) is 9.84 Å². The minimum absolute atomic E-state index is 0.0840. The number of hydrogen-bond acceptors (Lipinski definition) is 5. The Morgan fingerprint density at radius 3 is 2.67 bits per heavy atom. The molecule has 0 aromatic carbocycles. The topological polar surface area (TPSA) is 83.9 Å². The first kappa shape index (κ1) is 15.4. The third kappa shape index (κ3) is 3.93. The van der Waals surface area contributed by atoms with E-state index in [0.29, 0.717) is 26.0 Å². The summed E-state index contributed by atoms with van der Waals surface area (Å²) in [6.45, 7) is 0.608. The molecule has 0 spiro atoms. The van der Waals surface area contributed by atoms with Crippen molar-refractivity contribution in [3.05, 3.63) is 0 Å². The summed E-state index contributed by atoms with van der Waals surface area (Å²) in [4.78, 5) is 13.6. The first-order valence-electron chi connectivity index (χ1n) is 6.13. The van der Waals surface area contributed by atoms with Crippen molar-refractivity contribution < 1.29 is 23.1 Å². The number of sulfone groups is 1. The Hall–Kier alpha value is -0.660. The van der Waals surface area contributed by atoms with E-state index in [2.05, 4.69) is 0 Å². The summed E-state index contributed by atoms with van der Waals surface area (Å²) in [5, 5.41) is 7.99. The normalized spacial score (nSPS) is 22.7. The number of nitrogens with zero attached hydrogens (tertiary/aromatic N) is 1. The number of ether oxygens (including phenoxy) is 1. The van der Waals surface area contributed by atoms with Crippen LogP contribution in [0.1, 0.15) is 19.3 Å². The average molecular weight is 279 g/mol. The molecule has 1 unspecified atom stereocenters. The zero-order valence-electron chi connectivity index (χ0n) is 10.7. The molecule has 7 heteroatoms. The summed E-state index contributed by atoms with van der Waals surface area (Å²) < 4.78 is 28.6. The van der Waals surface area contributed by atoms with Crippen LogP contribution in [0.5, 0.6) is 0 Å². The van der Waals surface area contributed by atoms with Crippen molar-refractivity contribution >= 4 is 15.7 Å². The van der Waals surface area contributed by atoms with E-state index in [1.807, 2.05) is 0 Å². The molecular formula is C11H21NO5S. The Morgan fingerprint density at radius 2 is 2.11 bits per heavy atom. The number of rotatable bonds is 6. The van der Waals surface area contributed by atoms with Crippen molar-refractivity contribution in [1.29, 1.82) is 0 Å². The van der Waals surface area contributed by atoms with Crippen LogP contribution >= 0.6 is 0 Å². The van der Waals surface area contributed by atoms with Gasteiger partial charge in [-0.05, 0) is 12.8 Å². The van der Waals surface area contributed by atoms with E-state index in [1.165, 1.54) is 12.0 Å². The molecule has 0 bridgehead atoms. The Kier molecular flexibility index (Phi) is 6.04. The number of carbonyl (C=O) groups excluding carboxylic acids is 1. The fourth-order valence-corrected chi connectivity index (χ4v) is 3.96. The zero-order valence-corrected chi connectivity index (χ0v) is 11.5. The largest absolute Gasteiger partial charge is 0.395 e. The predicted octanol–water partition coefficient (Wildman–Crippen LogP) is -0.579. The Bertz CT molecular complexity index is 368. The highest BCUT2D eigenvalue weighted by Crippen LogP contribution is 2.21. The monoisotopic (exact) mass is 279 g/mol. The van der Waals surface area contributed by atoms with Crippen LogP contribution in [0.25, 0.3) is 0 Å². The van der Waals surface area contributed by atoms with Crippen molar-refractivity contribution in [2.24, 2.45) is 0 Å². The number of aliphatic hydroxyl groups excluding tert-OH is 1. The molecule has 0 saturated carbocycles. The first-order chi connectivity index (χ1) is 8.53. The van der Waals surface area contributed by atoms with Gasteiger partial charge in [-0.1, -0.05) is 6.42 Å². The van der Waals surface area contributed by atoms with E-state index < -0.39 is 21.0 Å². The van der Waals surface area contributed by atoms with Crippen LogP contribution in [0, 0.1) is 0 Å². The number of amides is 1. The van der Waals surface area contributed by atoms with E-state index in [4.69, 9.17) is 9.84 Å². The van der Waals surface area contributed by atoms with Crippen molar-refractivity contribution in [2.45, 2.75) is 24.5 Å². The summed E-state index contributed by atoms with van der Waals surface area (Å²) in [6, 6.07) is 0. The predicted molar refractivity (Wildman–Crippen MR) is 67.0 cm³/mol. The van der Waals surface area contributed by atoms with Crippen LogP contribution < -0.4 is 0 Å². The van der Waals surface area contributed by atoms with Gasteiger partial charge in [0.05, 0.1) is 19.0 Å². The van der Waals surface area contributed by atoms with Crippen LogP contribution in [0.2, 0.25) is 0 Å². The van der Waals surface area contributed by atoms with E-state index in [9.17, 15) is 13.2 Å². The molecule has 1 amide bonds. The lowest BCUT2D eigenvalue weighted by molar-refractivity contribution is -0.132. The second-order valence-corrected chi connectivity index (χ2v) is 6.70. The van der Waals surface area contributed by atoms with E-state index in [1.54, 1.807) is 0 Å². The van der Waals surface area contributed by atoms with Crippen LogP contribution in [0.4, 0.5) is 0 Å². The van der Waals surface area contributed by atoms with Crippen molar-refractivity contribution in [2.75, 3.05) is 39.2 Å². The standard InChI is InChI=1S/C11H21NO5S/c1-17-8-6-12(5-7-13)11(14)10-4-2-3-9-18(10,15)16/h10,13H,2-9H2,1H3. The van der Waals surface area contributed by atoms with Crippen molar-refractivity contribution in [3.8, 4) is 0 Å². The molecule has 1 saturated heterocycles. The highest BCUT2D eigenvalue weighted by atomic mass is 32.2. The summed E-state index contributed by atoms with van der Waals surface area (Å²) >= 11 is 0. The van der Waals surface area contributed by atoms with E-state index in [-0.39, 0.29) is 18.9 Å². The van der Waals surface area contributed by atoms with Gasteiger partial charge in [-0.25, -0.2) is 8.42 Å². The minimum atomic E-state index is -3.32. The lowest BCUT2D eigenvalue weighted by Crippen LogP contribution is -2.47. The Labute approximate surface area is 108 Å². The smallest absolute Gasteiger partial charge is 0.241 e. The molecule has 1 rings (SSSR count). The average Bonchev–Trinajstić information content (AvgIpc) is 2.33. The molecular weight excluding hydrogens is 258 g/mol. The summed E-state index contributed by atoms with van der Waals surface area (Å²) in [7, 11) is -1.81. The lowest BCUT2D eigenvalue weighted by atomic mass is 10.1. The maximum absolute atomic E-state index is 12.2. The molecule has 0 aliphatic carbocycles. The van der Waals surface area contributed by atoms with Gasteiger partial charge in [0.25, 0.3) is 0 Å². The summed E-state index contributed by atoms with van der Waals surface area (Å²) in [6.07, 6.45) is 1.77. The molecule has 1 fully saturated rings. The molecule has 0 aromatic heterocycles. The molecule has 106 valence electrons. The zero-order chi connectivity index (χ0) is 13.6. The van der Waals surface area contributed by atoms with Crippen LogP contribution in [-0.2, 0) is 19.4 Å². The molecule has 1 aliphatic rings. The quantitative estimate of drug-likeness (QED) is 0.703. The highest BCUT2D eigenvalue weighted by molar-refractivity contribution is 7.92. The summed E-state index contributed by atoms with van der Waals surface area (Å²) in [5.41, 5.74) is 0. The highest BCUT2D eigenvalue weighted by Gasteiger charge is 2.37. The number of aliphatic hydroxyl groups is 1. The Balaban J connectivity index is 2.74. The SMILES string of the molecule is COCCN(CCO)C(=O)C1CCCCS1(=O)=O. The van der Waals surface area contributed by atoms with Crippen LogP contribution in [-0.4, -0.2) is 68.7 Å². The number of carbonyl (C=O) groups is 1. The van der Waals surface area contributed by atoms with E-state index in [0.717, 1.165) is 6.42 Å². The van der Waals surface area contributed by atoms with Crippen molar-refractivity contribution in [3.63, 3.8) is 0 Å². The van der Waals surface area contributed by atoms with Gasteiger partial charge in [-0.15, -0.1) is 0 Å². The molecule has 6 nitrogen and oxygen atoms in total. The third-order valence-electron chi connectivity index (χ3n) is 3.10.